The van der Waals surface area contributed by atoms with Gasteiger partial charge in [0.05, 0.1) is 10.6 Å². The zero-order chi connectivity index (χ0) is 14.0. The highest BCUT2D eigenvalue weighted by Crippen LogP contribution is 2.29. The normalized spacial score (nSPS) is 22.4. The van der Waals surface area contributed by atoms with Crippen LogP contribution in [0.5, 0.6) is 0 Å². The Morgan fingerprint density at radius 3 is 2.68 bits per heavy atom. The molecule has 1 aromatic rings. The summed E-state index contributed by atoms with van der Waals surface area (Å²) in [4.78, 5) is 26.3. The molecular weight excluding hydrogens is 252 g/mol. The summed E-state index contributed by atoms with van der Waals surface area (Å²) in [6.07, 6.45) is 0. The van der Waals surface area contributed by atoms with Crippen LogP contribution >= 0.6 is 0 Å². The number of hydrogen-bond donors (Lipinski definition) is 0. The van der Waals surface area contributed by atoms with Gasteiger partial charge in [-0.25, -0.2) is 4.79 Å². The third-order valence-corrected chi connectivity index (χ3v) is 2.80. The summed E-state index contributed by atoms with van der Waals surface area (Å²) >= 11 is 0. The molecule has 19 heavy (non-hydrogen) atoms. The van der Waals surface area contributed by atoms with Crippen molar-refractivity contribution in [3.63, 3.8) is 0 Å². The Bertz CT molecular complexity index is 610. The van der Waals surface area contributed by atoms with E-state index in [-0.39, 0.29) is 11.4 Å². The number of para-hydroxylation sites is 1. The molecule has 0 saturated heterocycles. The monoisotopic (exact) mass is 262 g/mol. The van der Waals surface area contributed by atoms with Crippen molar-refractivity contribution in [1.82, 2.24) is 0 Å². The zero-order valence-electron chi connectivity index (χ0n) is 10.2. The molecule has 0 N–H and O–H groups in total. The van der Waals surface area contributed by atoms with Gasteiger partial charge in [0, 0.05) is 6.07 Å². The topological polar surface area (TPSA) is 107 Å². The molecule has 1 atom stereocenters. The van der Waals surface area contributed by atoms with Gasteiger partial charge in [-0.05, 0) is 19.9 Å². The van der Waals surface area contributed by atoms with Gasteiger partial charge < -0.3 is 4.84 Å². The highest BCUT2D eigenvalue weighted by atomic mass is 16.7. The van der Waals surface area contributed by atoms with E-state index in [1.807, 2.05) is 0 Å². The van der Waals surface area contributed by atoms with Crippen molar-refractivity contribution in [2.45, 2.75) is 19.4 Å². The fourth-order valence-corrected chi connectivity index (χ4v) is 1.41. The van der Waals surface area contributed by atoms with E-state index in [4.69, 9.17) is 0 Å². The Kier molecular flexibility index (Phi) is 3.07. The Balaban J connectivity index is 2.37. The minimum absolute atomic E-state index is 0.0706. The van der Waals surface area contributed by atoms with E-state index < -0.39 is 16.4 Å². The van der Waals surface area contributed by atoms with Crippen molar-refractivity contribution < 1.29 is 14.6 Å². The predicted octanol–water partition coefficient (Wildman–Crippen LogP) is 2.37. The first-order chi connectivity index (χ1) is 8.95. The number of rotatable bonds is 3. The van der Waals surface area contributed by atoms with Crippen molar-refractivity contribution in [2.75, 3.05) is 0 Å². The number of carbonyl (C=O) groups excluding carboxylic acids is 1. The number of nitrogens with zero attached hydrogens (tertiary/aromatic N) is 4. The van der Waals surface area contributed by atoms with Gasteiger partial charge in [-0.1, -0.05) is 17.3 Å². The first-order valence-electron chi connectivity index (χ1n) is 5.38. The molecule has 8 nitrogen and oxygen atoms in total. The van der Waals surface area contributed by atoms with Crippen LogP contribution in [-0.4, -0.2) is 22.1 Å². The summed E-state index contributed by atoms with van der Waals surface area (Å²) in [5.74, 6) is -0.660. The lowest BCUT2D eigenvalue weighted by molar-refractivity contribution is -0.384. The van der Waals surface area contributed by atoms with E-state index in [1.54, 1.807) is 13.0 Å². The molecule has 0 amide bonds. The number of benzene rings is 1. The van der Waals surface area contributed by atoms with E-state index in [0.717, 1.165) is 0 Å². The molecule has 0 saturated carbocycles. The first-order valence-corrected chi connectivity index (χ1v) is 5.38. The largest absolute Gasteiger partial charge is 0.369 e. The van der Waals surface area contributed by atoms with E-state index >= 15 is 0 Å². The molecule has 0 spiro atoms. The maximum Gasteiger partial charge on any atom is 0.369 e. The molecule has 0 fully saturated rings. The van der Waals surface area contributed by atoms with Crippen LogP contribution in [0.3, 0.4) is 0 Å². The van der Waals surface area contributed by atoms with E-state index in [1.165, 1.54) is 25.1 Å². The highest BCUT2D eigenvalue weighted by molar-refractivity contribution is 6.12. The molecular formula is C11H10N4O4. The van der Waals surface area contributed by atoms with Crippen LogP contribution in [0.25, 0.3) is 0 Å². The van der Waals surface area contributed by atoms with Gasteiger partial charge >= 0.3 is 5.97 Å². The lowest BCUT2D eigenvalue weighted by Crippen LogP contribution is -2.35. The molecule has 1 unspecified atom stereocenters. The van der Waals surface area contributed by atoms with Crippen LogP contribution < -0.4 is 0 Å². The van der Waals surface area contributed by atoms with Crippen LogP contribution in [0.4, 0.5) is 11.4 Å². The van der Waals surface area contributed by atoms with Gasteiger partial charge in [-0.15, -0.1) is 5.11 Å². The molecule has 0 aromatic heterocycles. The second-order valence-corrected chi connectivity index (χ2v) is 4.07. The molecule has 98 valence electrons. The third-order valence-electron chi connectivity index (χ3n) is 2.80. The number of nitro benzene ring substituents is 1. The Hall–Kier alpha value is -2.64. The number of hydrogen-bond acceptors (Lipinski definition) is 7. The molecule has 1 aliphatic heterocycles. The number of oxime groups is 1. The molecule has 2 rings (SSSR count). The van der Waals surface area contributed by atoms with Gasteiger partial charge in [-0.2, -0.15) is 5.11 Å². The quantitative estimate of drug-likeness (QED) is 0.360. The standard InChI is InChI=1S/C11H10N4O4/c1-7-11(2,10(16)19-13-7)14-12-8-5-3-4-6-9(8)15(17)18/h3-6H,1-2H3. The number of azo groups is 1. The summed E-state index contributed by atoms with van der Waals surface area (Å²) in [6, 6.07) is 5.87. The maximum absolute atomic E-state index is 11.5. The lowest BCUT2D eigenvalue weighted by Gasteiger charge is -2.11. The lowest BCUT2D eigenvalue weighted by atomic mass is 9.99. The summed E-state index contributed by atoms with van der Waals surface area (Å²) in [5, 5.41) is 22.0. The molecule has 8 heteroatoms. The van der Waals surface area contributed by atoms with E-state index in [9.17, 15) is 14.9 Å². The van der Waals surface area contributed by atoms with Gasteiger partial charge in [0.15, 0.2) is 5.69 Å². The Morgan fingerprint density at radius 2 is 2.11 bits per heavy atom. The summed E-state index contributed by atoms with van der Waals surface area (Å²) in [6.45, 7) is 3.06. The van der Waals surface area contributed by atoms with Crippen molar-refractivity contribution >= 4 is 23.1 Å². The second kappa shape index (κ2) is 4.56. The van der Waals surface area contributed by atoms with Crippen LogP contribution in [0.15, 0.2) is 39.6 Å². The Labute approximate surface area is 107 Å². The number of carbonyl (C=O) groups is 1. The second-order valence-electron chi connectivity index (χ2n) is 4.07. The summed E-state index contributed by atoms with van der Waals surface area (Å²) < 4.78 is 0. The van der Waals surface area contributed by atoms with Gasteiger partial charge in [-0.3, -0.25) is 10.1 Å². The fourth-order valence-electron chi connectivity index (χ4n) is 1.41. The number of nitro groups is 1. The summed E-state index contributed by atoms with van der Waals surface area (Å²) in [5.41, 5.74) is -1.10. The summed E-state index contributed by atoms with van der Waals surface area (Å²) in [7, 11) is 0. The highest BCUT2D eigenvalue weighted by Gasteiger charge is 2.44. The molecule has 0 bridgehead atoms. The van der Waals surface area contributed by atoms with Gasteiger partial charge in [0.1, 0.15) is 0 Å². The van der Waals surface area contributed by atoms with E-state index in [0.29, 0.717) is 5.71 Å². The molecule has 1 heterocycles. The van der Waals surface area contributed by atoms with Crippen LogP contribution in [0.2, 0.25) is 0 Å². The minimum atomic E-state index is -1.33. The third kappa shape index (κ3) is 2.19. The molecule has 1 aliphatic rings. The van der Waals surface area contributed by atoms with Crippen molar-refractivity contribution in [3.05, 3.63) is 34.4 Å². The average molecular weight is 262 g/mol. The van der Waals surface area contributed by atoms with Crippen molar-refractivity contribution in [1.29, 1.82) is 0 Å². The van der Waals surface area contributed by atoms with Gasteiger partial charge in [0.2, 0.25) is 5.54 Å². The fraction of sp³-hybridized carbons (Fsp3) is 0.273. The first kappa shape index (κ1) is 12.8. The Morgan fingerprint density at radius 1 is 1.42 bits per heavy atom. The van der Waals surface area contributed by atoms with Crippen LogP contribution in [-0.2, 0) is 9.63 Å². The van der Waals surface area contributed by atoms with Gasteiger partial charge in [0.25, 0.3) is 5.69 Å². The van der Waals surface area contributed by atoms with Crippen LogP contribution in [0, 0.1) is 10.1 Å². The van der Waals surface area contributed by atoms with Crippen molar-refractivity contribution in [2.24, 2.45) is 15.4 Å². The zero-order valence-corrected chi connectivity index (χ0v) is 10.2. The smallest absolute Gasteiger partial charge is 0.315 e. The molecule has 1 aromatic carbocycles. The maximum atomic E-state index is 11.5. The minimum Gasteiger partial charge on any atom is -0.315 e. The SMILES string of the molecule is CC1=NOC(=O)C1(C)N=Nc1ccccc1[N+](=O)[O-]. The van der Waals surface area contributed by atoms with Crippen molar-refractivity contribution in [3.8, 4) is 0 Å². The molecule has 0 aliphatic carbocycles. The van der Waals surface area contributed by atoms with E-state index in [2.05, 4.69) is 20.2 Å². The van der Waals surface area contributed by atoms with Crippen LogP contribution in [0.1, 0.15) is 13.8 Å². The predicted molar refractivity (Wildman–Crippen MR) is 65.2 cm³/mol. The molecule has 0 radical (unpaired) electrons. The average Bonchev–Trinajstić information content (AvgIpc) is 2.65.